The first-order chi connectivity index (χ1) is 16.0. The molecule has 3 aromatic rings. The molecule has 1 atom stereocenters. The first kappa shape index (κ1) is 23.8. The Kier molecular flexibility index (Phi) is 5.73. The molecule has 1 N–H and O–H groups in total. The summed E-state index contributed by atoms with van der Waals surface area (Å²) < 4.78 is 29.3. The van der Waals surface area contributed by atoms with Gasteiger partial charge in [-0.2, -0.15) is 14.7 Å². The fraction of sp³-hybridized carbons (Fsp3) is 0.500. The molecule has 0 spiro atoms. The molecule has 1 aliphatic heterocycles. The first-order valence-electron chi connectivity index (χ1n) is 10.9. The van der Waals surface area contributed by atoms with Gasteiger partial charge < -0.3 is 9.67 Å². The lowest BCUT2D eigenvalue weighted by Gasteiger charge is -2.47. The Bertz CT molecular complexity index is 1390. The summed E-state index contributed by atoms with van der Waals surface area (Å²) in [5.74, 6) is -0.896. The van der Waals surface area contributed by atoms with Crippen LogP contribution < -0.4 is 0 Å². The number of rotatable bonds is 8. The van der Waals surface area contributed by atoms with Gasteiger partial charge in [-0.1, -0.05) is 0 Å². The molecule has 180 valence electrons. The molecule has 1 unspecified atom stereocenters. The van der Waals surface area contributed by atoms with Crippen molar-refractivity contribution in [2.24, 2.45) is 5.41 Å². The van der Waals surface area contributed by atoms with Crippen LogP contribution in [0.25, 0.3) is 22.3 Å². The smallest absolute Gasteiger partial charge is 0.311 e. The van der Waals surface area contributed by atoms with Gasteiger partial charge in [0.2, 0.25) is 10.0 Å². The highest BCUT2D eigenvalue weighted by Gasteiger charge is 2.49. The molecular formula is C22H27N7O4S. The lowest BCUT2D eigenvalue weighted by atomic mass is 9.85. The third-order valence-corrected chi connectivity index (χ3v) is 8.75. The second kappa shape index (κ2) is 8.18. The zero-order valence-electron chi connectivity index (χ0n) is 19.5. The highest BCUT2D eigenvalue weighted by molar-refractivity contribution is 7.89. The SMILES string of the molecule is CCS(=O)(=O)N1CC(CC#N)(n2cc(-c3ncnc4c3ccn4C(C)C(C)(C)C(=O)O)cn2)C1. The molecule has 0 aliphatic carbocycles. The Balaban J connectivity index is 1.70. The van der Waals surface area contributed by atoms with E-state index in [1.807, 2.05) is 17.6 Å². The summed E-state index contributed by atoms with van der Waals surface area (Å²) in [6, 6.07) is 3.64. The quantitative estimate of drug-likeness (QED) is 0.511. The van der Waals surface area contributed by atoms with Crippen molar-refractivity contribution in [3.05, 3.63) is 31.0 Å². The second-order valence-electron chi connectivity index (χ2n) is 9.29. The lowest BCUT2D eigenvalue weighted by molar-refractivity contribution is -0.149. The van der Waals surface area contributed by atoms with E-state index < -0.39 is 26.9 Å². The third kappa shape index (κ3) is 3.65. The largest absolute Gasteiger partial charge is 0.481 e. The Morgan fingerprint density at radius 2 is 2.06 bits per heavy atom. The van der Waals surface area contributed by atoms with Crippen LogP contribution in [-0.4, -0.2) is 67.0 Å². The van der Waals surface area contributed by atoms with Crippen molar-refractivity contribution in [1.82, 2.24) is 28.6 Å². The van der Waals surface area contributed by atoms with Crippen LogP contribution in [0.4, 0.5) is 0 Å². The molecule has 0 amide bonds. The minimum Gasteiger partial charge on any atom is -0.481 e. The predicted molar refractivity (Wildman–Crippen MR) is 124 cm³/mol. The number of hydrogen-bond acceptors (Lipinski definition) is 7. The third-order valence-electron chi connectivity index (χ3n) is 6.97. The minimum atomic E-state index is -3.34. The summed E-state index contributed by atoms with van der Waals surface area (Å²) in [4.78, 5) is 20.6. The fourth-order valence-corrected chi connectivity index (χ4v) is 5.46. The average Bonchev–Trinajstić information content (AvgIpc) is 3.42. The Morgan fingerprint density at radius 1 is 1.35 bits per heavy atom. The summed E-state index contributed by atoms with van der Waals surface area (Å²) in [7, 11) is -3.34. The zero-order valence-corrected chi connectivity index (χ0v) is 20.3. The van der Waals surface area contributed by atoms with Crippen LogP contribution in [0.3, 0.4) is 0 Å². The van der Waals surface area contributed by atoms with Crippen molar-refractivity contribution < 1.29 is 18.3 Å². The maximum Gasteiger partial charge on any atom is 0.311 e. The van der Waals surface area contributed by atoms with E-state index >= 15 is 0 Å². The average molecular weight is 486 g/mol. The Hall–Kier alpha value is -3.30. The molecule has 11 nitrogen and oxygen atoms in total. The van der Waals surface area contributed by atoms with Crippen LogP contribution in [-0.2, 0) is 20.4 Å². The summed E-state index contributed by atoms with van der Waals surface area (Å²) in [5.41, 5.74) is 0.188. The number of sulfonamides is 1. The summed E-state index contributed by atoms with van der Waals surface area (Å²) >= 11 is 0. The topological polar surface area (TPSA) is 147 Å². The van der Waals surface area contributed by atoms with Crippen molar-refractivity contribution in [1.29, 1.82) is 5.26 Å². The zero-order chi connectivity index (χ0) is 24.9. The maximum atomic E-state index is 12.2. The number of carboxylic acids is 1. The molecule has 0 saturated carbocycles. The predicted octanol–water partition coefficient (Wildman–Crippen LogP) is 2.24. The van der Waals surface area contributed by atoms with Crippen molar-refractivity contribution in [2.45, 2.75) is 45.7 Å². The number of nitrogens with zero attached hydrogens (tertiary/aromatic N) is 7. The summed E-state index contributed by atoms with van der Waals surface area (Å²) in [6.07, 6.45) is 6.77. The van der Waals surface area contributed by atoms with E-state index in [9.17, 15) is 23.6 Å². The monoisotopic (exact) mass is 485 g/mol. The summed E-state index contributed by atoms with van der Waals surface area (Å²) in [6.45, 7) is 7.16. The van der Waals surface area contributed by atoms with E-state index in [2.05, 4.69) is 21.1 Å². The highest BCUT2D eigenvalue weighted by Crippen LogP contribution is 2.37. The standard InChI is InChI=1S/C22H27N7O4S/c1-5-34(32,33)27-12-22(13-27,7-8-23)29-11-16(10-26-29)18-17-6-9-28(19(17)25-14-24-18)15(2)21(3,4)20(30)31/h6,9-11,14-15H,5,7,12-13H2,1-4H3,(H,30,31). The molecule has 12 heteroatoms. The molecular weight excluding hydrogens is 458 g/mol. The molecule has 4 rings (SSSR count). The number of aromatic nitrogens is 5. The van der Waals surface area contributed by atoms with Gasteiger partial charge in [0, 0.05) is 42.5 Å². The molecule has 34 heavy (non-hydrogen) atoms. The second-order valence-corrected chi connectivity index (χ2v) is 11.5. The van der Waals surface area contributed by atoms with Crippen LogP contribution in [0, 0.1) is 16.7 Å². The van der Waals surface area contributed by atoms with Gasteiger partial charge in [0.15, 0.2) is 0 Å². The van der Waals surface area contributed by atoms with Gasteiger partial charge in [-0.05, 0) is 33.8 Å². The molecule has 3 aromatic heterocycles. The molecule has 4 heterocycles. The molecule has 1 aliphatic rings. The van der Waals surface area contributed by atoms with Crippen LogP contribution in [0.5, 0.6) is 0 Å². The van der Waals surface area contributed by atoms with Crippen molar-refractivity contribution >= 4 is 27.0 Å². The lowest BCUT2D eigenvalue weighted by Crippen LogP contribution is -2.64. The van der Waals surface area contributed by atoms with Gasteiger partial charge in [-0.3, -0.25) is 9.48 Å². The number of nitriles is 1. The number of carbonyl (C=O) groups is 1. The van der Waals surface area contributed by atoms with Gasteiger partial charge >= 0.3 is 5.97 Å². The molecule has 1 saturated heterocycles. The number of aliphatic carboxylic acids is 1. The van der Waals surface area contributed by atoms with E-state index in [4.69, 9.17) is 0 Å². The summed E-state index contributed by atoms with van der Waals surface area (Å²) in [5, 5.41) is 24.2. The molecule has 0 aromatic carbocycles. The minimum absolute atomic E-state index is 0.00695. The van der Waals surface area contributed by atoms with Crippen molar-refractivity contribution in [2.75, 3.05) is 18.8 Å². The highest BCUT2D eigenvalue weighted by atomic mass is 32.2. The van der Waals surface area contributed by atoms with E-state index in [0.717, 1.165) is 5.39 Å². The van der Waals surface area contributed by atoms with Gasteiger partial charge in [-0.15, -0.1) is 0 Å². The normalized spacial score (nSPS) is 17.3. The molecule has 1 fully saturated rings. The maximum absolute atomic E-state index is 12.2. The molecule has 0 bridgehead atoms. The van der Waals surface area contributed by atoms with Crippen molar-refractivity contribution in [3.63, 3.8) is 0 Å². The van der Waals surface area contributed by atoms with Gasteiger partial charge in [0.25, 0.3) is 0 Å². The van der Waals surface area contributed by atoms with Crippen LogP contribution >= 0.6 is 0 Å². The van der Waals surface area contributed by atoms with Gasteiger partial charge in [0.1, 0.15) is 17.5 Å². The van der Waals surface area contributed by atoms with E-state index in [0.29, 0.717) is 16.9 Å². The van der Waals surface area contributed by atoms with E-state index in [1.165, 1.54) is 10.6 Å². The van der Waals surface area contributed by atoms with E-state index in [1.54, 1.807) is 44.0 Å². The van der Waals surface area contributed by atoms with E-state index in [-0.39, 0.29) is 31.3 Å². The van der Waals surface area contributed by atoms with Crippen molar-refractivity contribution in [3.8, 4) is 17.3 Å². The van der Waals surface area contributed by atoms with Crippen LogP contribution in [0.15, 0.2) is 31.0 Å². The first-order valence-corrected chi connectivity index (χ1v) is 12.5. The van der Waals surface area contributed by atoms with Gasteiger partial charge in [-0.25, -0.2) is 18.4 Å². The number of hydrogen-bond donors (Lipinski definition) is 1. The number of carboxylic acid groups (broad SMARTS) is 1. The van der Waals surface area contributed by atoms with Crippen LogP contribution in [0.1, 0.15) is 40.2 Å². The Morgan fingerprint density at radius 3 is 2.68 bits per heavy atom. The van der Waals surface area contributed by atoms with Gasteiger partial charge in [0.05, 0.1) is 35.5 Å². The number of fused-ring (bicyclic) bond motifs is 1. The Labute approximate surface area is 197 Å². The molecule has 0 radical (unpaired) electrons. The van der Waals surface area contributed by atoms with Crippen LogP contribution in [0.2, 0.25) is 0 Å². The fourth-order valence-electron chi connectivity index (χ4n) is 4.22.